The second-order valence-electron chi connectivity index (χ2n) is 4.46. The normalized spacial score (nSPS) is 10.8. The van der Waals surface area contributed by atoms with Gasteiger partial charge in [0.25, 0.3) is 0 Å². The van der Waals surface area contributed by atoms with Crippen LogP contribution in [0.5, 0.6) is 11.5 Å². The number of halogens is 1. The maximum absolute atomic E-state index is 12.1. The van der Waals surface area contributed by atoms with Gasteiger partial charge in [-0.2, -0.15) is 0 Å². The molecule has 106 valence electrons. The van der Waals surface area contributed by atoms with E-state index in [1.807, 2.05) is 30.3 Å². The Bertz CT molecular complexity index is 869. The standard InChI is InChI=1S/C16H11ClO4/c1-20-13-8-11(18)14-10(15(13)17)7-12(21-16(14)19)9-5-3-2-4-6-9/h2-8,18H,1H3. The number of phenolic OH excluding ortho intramolecular Hbond substituents is 1. The van der Waals surface area contributed by atoms with Crippen molar-refractivity contribution < 1.29 is 14.3 Å². The molecule has 3 rings (SSSR count). The number of rotatable bonds is 2. The van der Waals surface area contributed by atoms with Crippen molar-refractivity contribution in [1.29, 1.82) is 0 Å². The maximum Gasteiger partial charge on any atom is 0.348 e. The first-order valence-electron chi connectivity index (χ1n) is 6.20. The molecule has 1 heterocycles. The first kappa shape index (κ1) is 13.5. The summed E-state index contributed by atoms with van der Waals surface area (Å²) in [6.07, 6.45) is 0. The Morgan fingerprint density at radius 3 is 2.57 bits per heavy atom. The van der Waals surface area contributed by atoms with Gasteiger partial charge in [-0.3, -0.25) is 0 Å². The summed E-state index contributed by atoms with van der Waals surface area (Å²) in [5.74, 6) is 0.452. The van der Waals surface area contributed by atoms with Crippen molar-refractivity contribution in [2.75, 3.05) is 7.11 Å². The van der Waals surface area contributed by atoms with E-state index in [1.54, 1.807) is 6.07 Å². The number of aromatic hydroxyl groups is 1. The average molecular weight is 303 g/mol. The fourth-order valence-corrected chi connectivity index (χ4v) is 2.48. The lowest BCUT2D eigenvalue weighted by molar-refractivity contribution is 0.409. The van der Waals surface area contributed by atoms with Crippen molar-refractivity contribution in [2.45, 2.75) is 0 Å². The molecule has 5 heteroatoms. The van der Waals surface area contributed by atoms with E-state index in [9.17, 15) is 9.90 Å². The van der Waals surface area contributed by atoms with Crippen LogP contribution in [0.4, 0.5) is 0 Å². The summed E-state index contributed by atoms with van der Waals surface area (Å²) in [5, 5.41) is 10.6. The van der Waals surface area contributed by atoms with Crippen LogP contribution in [-0.2, 0) is 0 Å². The fourth-order valence-electron chi connectivity index (χ4n) is 2.19. The molecular weight excluding hydrogens is 292 g/mol. The van der Waals surface area contributed by atoms with Gasteiger partial charge in [-0.15, -0.1) is 0 Å². The van der Waals surface area contributed by atoms with Gasteiger partial charge in [0.2, 0.25) is 0 Å². The lowest BCUT2D eigenvalue weighted by Gasteiger charge is -2.09. The fraction of sp³-hybridized carbons (Fsp3) is 0.0625. The molecule has 0 saturated carbocycles. The Hall–Kier alpha value is -2.46. The zero-order chi connectivity index (χ0) is 15.0. The highest BCUT2D eigenvalue weighted by molar-refractivity contribution is 6.37. The molecule has 0 aliphatic rings. The number of fused-ring (bicyclic) bond motifs is 1. The molecule has 0 aliphatic carbocycles. The first-order chi connectivity index (χ1) is 10.1. The van der Waals surface area contributed by atoms with Gasteiger partial charge in [0.15, 0.2) is 0 Å². The molecule has 4 nitrogen and oxygen atoms in total. The molecule has 3 aromatic rings. The van der Waals surface area contributed by atoms with Crippen LogP contribution in [0.15, 0.2) is 51.7 Å². The number of hydrogen-bond donors (Lipinski definition) is 1. The summed E-state index contributed by atoms with van der Waals surface area (Å²) in [6.45, 7) is 0. The summed E-state index contributed by atoms with van der Waals surface area (Å²) < 4.78 is 10.4. The SMILES string of the molecule is COc1cc(O)c2c(=O)oc(-c3ccccc3)cc2c1Cl. The molecule has 0 saturated heterocycles. The third-order valence-electron chi connectivity index (χ3n) is 3.21. The maximum atomic E-state index is 12.1. The number of benzene rings is 2. The van der Waals surface area contributed by atoms with E-state index in [2.05, 4.69) is 0 Å². The highest BCUT2D eigenvalue weighted by atomic mass is 35.5. The van der Waals surface area contributed by atoms with Crippen molar-refractivity contribution in [1.82, 2.24) is 0 Å². The van der Waals surface area contributed by atoms with Crippen LogP contribution in [-0.4, -0.2) is 12.2 Å². The largest absolute Gasteiger partial charge is 0.507 e. The van der Waals surface area contributed by atoms with Gasteiger partial charge >= 0.3 is 5.63 Å². The average Bonchev–Trinajstić information content (AvgIpc) is 2.51. The first-order valence-corrected chi connectivity index (χ1v) is 6.58. The predicted octanol–water partition coefficient (Wildman–Crippen LogP) is 3.83. The number of ether oxygens (including phenoxy) is 1. The van der Waals surface area contributed by atoms with E-state index in [0.29, 0.717) is 16.9 Å². The topological polar surface area (TPSA) is 59.7 Å². The highest BCUT2D eigenvalue weighted by Crippen LogP contribution is 2.38. The minimum atomic E-state index is -0.645. The molecule has 0 atom stereocenters. The molecule has 0 fully saturated rings. The van der Waals surface area contributed by atoms with Crippen molar-refractivity contribution in [3.63, 3.8) is 0 Å². The van der Waals surface area contributed by atoms with E-state index >= 15 is 0 Å². The van der Waals surface area contributed by atoms with Gasteiger partial charge in [0, 0.05) is 17.0 Å². The summed E-state index contributed by atoms with van der Waals surface area (Å²) >= 11 is 6.23. The molecule has 2 aromatic carbocycles. The van der Waals surface area contributed by atoms with Crippen LogP contribution in [0.2, 0.25) is 5.02 Å². The Morgan fingerprint density at radius 1 is 1.19 bits per heavy atom. The van der Waals surface area contributed by atoms with Crippen molar-refractivity contribution >= 4 is 22.4 Å². The van der Waals surface area contributed by atoms with Gasteiger partial charge in [0.05, 0.1) is 12.1 Å². The summed E-state index contributed by atoms with van der Waals surface area (Å²) in [6, 6.07) is 12.1. The van der Waals surface area contributed by atoms with Crippen LogP contribution >= 0.6 is 11.6 Å². The Kier molecular flexibility index (Phi) is 3.31. The van der Waals surface area contributed by atoms with Crippen LogP contribution in [0.25, 0.3) is 22.1 Å². The summed E-state index contributed by atoms with van der Waals surface area (Å²) in [4.78, 5) is 12.1. The van der Waals surface area contributed by atoms with Gasteiger partial charge in [-0.25, -0.2) is 4.79 Å². The molecule has 1 N–H and O–H groups in total. The molecule has 0 bridgehead atoms. The van der Waals surface area contributed by atoms with Gasteiger partial charge < -0.3 is 14.3 Å². The second-order valence-corrected chi connectivity index (χ2v) is 4.84. The van der Waals surface area contributed by atoms with Crippen LogP contribution in [0.1, 0.15) is 0 Å². The third kappa shape index (κ3) is 2.23. The zero-order valence-corrected chi connectivity index (χ0v) is 11.8. The minimum absolute atomic E-state index is 0.0421. The zero-order valence-electron chi connectivity index (χ0n) is 11.1. The molecule has 21 heavy (non-hydrogen) atoms. The minimum Gasteiger partial charge on any atom is -0.507 e. The molecule has 0 spiro atoms. The molecule has 0 amide bonds. The van der Waals surface area contributed by atoms with Gasteiger partial charge in [0.1, 0.15) is 22.6 Å². The number of methoxy groups -OCH3 is 1. The lowest BCUT2D eigenvalue weighted by atomic mass is 10.1. The molecule has 0 radical (unpaired) electrons. The van der Waals surface area contributed by atoms with Crippen molar-refractivity contribution in [2.24, 2.45) is 0 Å². The van der Waals surface area contributed by atoms with Crippen molar-refractivity contribution in [3.8, 4) is 22.8 Å². The quantitative estimate of drug-likeness (QED) is 0.781. The molecule has 0 aliphatic heterocycles. The Morgan fingerprint density at radius 2 is 1.90 bits per heavy atom. The van der Waals surface area contributed by atoms with Gasteiger partial charge in [-0.1, -0.05) is 41.9 Å². The molecular formula is C16H11ClO4. The number of hydrogen-bond acceptors (Lipinski definition) is 4. The van der Waals surface area contributed by atoms with E-state index < -0.39 is 5.63 Å². The number of phenols is 1. The lowest BCUT2D eigenvalue weighted by Crippen LogP contribution is -2.02. The second kappa shape index (κ2) is 5.14. The van der Waals surface area contributed by atoms with Crippen LogP contribution in [0.3, 0.4) is 0 Å². The van der Waals surface area contributed by atoms with E-state index in [0.717, 1.165) is 5.56 Å². The third-order valence-corrected chi connectivity index (χ3v) is 3.60. The Balaban J connectivity index is 2.38. The van der Waals surface area contributed by atoms with E-state index in [1.165, 1.54) is 13.2 Å². The monoisotopic (exact) mass is 302 g/mol. The van der Waals surface area contributed by atoms with E-state index in [4.69, 9.17) is 20.8 Å². The van der Waals surface area contributed by atoms with Crippen LogP contribution in [0, 0.1) is 0 Å². The summed E-state index contributed by atoms with van der Waals surface area (Å²) in [5.41, 5.74) is 0.100. The van der Waals surface area contributed by atoms with Gasteiger partial charge in [-0.05, 0) is 6.07 Å². The smallest absolute Gasteiger partial charge is 0.348 e. The molecule has 0 unspecified atom stereocenters. The molecule has 1 aromatic heterocycles. The summed E-state index contributed by atoms with van der Waals surface area (Å²) in [7, 11) is 1.44. The highest BCUT2D eigenvalue weighted by Gasteiger charge is 2.16. The Labute approximate surface area is 125 Å². The predicted molar refractivity (Wildman–Crippen MR) is 81.1 cm³/mol. The van der Waals surface area contributed by atoms with Crippen molar-refractivity contribution in [3.05, 3.63) is 57.9 Å². The van der Waals surface area contributed by atoms with Crippen LogP contribution < -0.4 is 10.4 Å². The van der Waals surface area contributed by atoms with E-state index in [-0.39, 0.29) is 16.2 Å².